The molecule has 2 aromatic rings. The Morgan fingerprint density at radius 2 is 1.93 bits per heavy atom. The summed E-state index contributed by atoms with van der Waals surface area (Å²) in [4.78, 5) is 24.7. The van der Waals surface area contributed by atoms with E-state index in [9.17, 15) is 14.9 Å². The molecule has 2 aromatic carbocycles. The first kappa shape index (κ1) is 18.4. The van der Waals surface area contributed by atoms with E-state index in [1.807, 2.05) is 31.2 Å². The fourth-order valence-corrected chi connectivity index (χ4v) is 2.83. The minimum absolute atomic E-state index is 0.0368. The van der Waals surface area contributed by atoms with Gasteiger partial charge in [-0.3, -0.25) is 14.9 Å². The van der Waals surface area contributed by atoms with Gasteiger partial charge in [-0.15, -0.1) is 0 Å². The van der Waals surface area contributed by atoms with Crippen molar-refractivity contribution in [3.05, 3.63) is 70.3 Å². The van der Waals surface area contributed by atoms with Gasteiger partial charge in [0.1, 0.15) is 6.61 Å². The van der Waals surface area contributed by atoms with Crippen molar-refractivity contribution in [3.8, 4) is 11.5 Å². The number of carbonyl (C=O) groups is 1. The van der Waals surface area contributed by atoms with Crippen LogP contribution in [0, 0.1) is 10.1 Å². The molecule has 1 aliphatic heterocycles. The van der Waals surface area contributed by atoms with Gasteiger partial charge in [0.25, 0.3) is 5.69 Å². The smallest absolute Gasteiger partial charge is 0.276 e. The van der Waals surface area contributed by atoms with Crippen LogP contribution >= 0.6 is 0 Å². The van der Waals surface area contributed by atoms with Crippen LogP contribution in [-0.4, -0.2) is 41.5 Å². The van der Waals surface area contributed by atoms with Gasteiger partial charge in [0.15, 0.2) is 17.6 Å². The number of para-hydroxylation sites is 3. The first-order valence-corrected chi connectivity index (χ1v) is 8.67. The van der Waals surface area contributed by atoms with Gasteiger partial charge >= 0.3 is 0 Å². The van der Waals surface area contributed by atoms with Crippen molar-refractivity contribution in [2.75, 3.05) is 19.7 Å². The lowest BCUT2D eigenvalue weighted by molar-refractivity contribution is -0.385. The van der Waals surface area contributed by atoms with E-state index >= 15 is 0 Å². The average molecular weight is 368 g/mol. The molecule has 0 saturated heterocycles. The molecule has 0 N–H and O–H groups in total. The van der Waals surface area contributed by atoms with E-state index in [1.165, 1.54) is 18.2 Å². The van der Waals surface area contributed by atoms with Crippen molar-refractivity contribution in [2.24, 2.45) is 0 Å². The highest BCUT2D eigenvalue weighted by atomic mass is 16.6. The van der Waals surface area contributed by atoms with Crippen LogP contribution in [0.4, 0.5) is 5.69 Å². The van der Waals surface area contributed by atoms with Crippen LogP contribution in [0.1, 0.15) is 12.5 Å². The molecular weight excluding hydrogens is 348 g/mol. The normalized spacial score (nSPS) is 15.5. The van der Waals surface area contributed by atoms with Crippen molar-refractivity contribution in [1.29, 1.82) is 0 Å². The lowest BCUT2D eigenvalue weighted by atomic mass is 10.1. The third kappa shape index (κ3) is 4.44. The van der Waals surface area contributed by atoms with Gasteiger partial charge in [0.2, 0.25) is 5.91 Å². The summed E-state index contributed by atoms with van der Waals surface area (Å²) in [6.45, 7) is 3.08. The van der Waals surface area contributed by atoms with Crippen LogP contribution in [0.3, 0.4) is 0 Å². The van der Waals surface area contributed by atoms with E-state index in [2.05, 4.69) is 0 Å². The van der Waals surface area contributed by atoms with E-state index in [4.69, 9.17) is 9.47 Å². The molecule has 0 bridgehead atoms. The number of hydrogen-bond acceptors (Lipinski definition) is 5. The Labute approximate surface area is 157 Å². The summed E-state index contributed by atoms with van der Waals surface area (Å²) in [6, 6.07) is 13.7. The fraction of sp³-hybridized carbons (Fsp3) is 0.250. The predicted octanol–water partition coefficient (Wildman–Crippen LogP) is 3.30. The summed E-state index contributed by atoms with van der Waals surface area (Å²) in [5.41, 5.74) is 0.350. The number of benzene rings is 2. The van der Waals surface area contributed by atoms with Crippen LogP contribution in [0.2, 0.25) is 0 Å². The standard InChI is InChI=1S/C20H20N2O5/c1-2-21(13-16-14-26-18-9-5-6-10-19(18)27-16)20(23)12-11-15-7-3-4-8-17(15)22(24)25/h3-12,16H,2,13-14H2,1H3/b12-11+. The number of fused-ring (bicyclic) bond motifs is 1. The highest BCUT2D eigenvalue weighted by Gasteiger charge is 2.24. The molecule has 0 spiro atoms. The molecule has 7 nitrogen and oxygen atoms in total. The maximum atomic E-state index is 12.5. The quantitative estimate of drug-likeness (QED) is 0.444. The largest absolute Gasteiger partial charge is 0.486 e. The highest BCUT2D eigenvalue weighted by molar-refractivity contribution is 5.92. The Kier molecular flexibility index (Phi) is 5.71. The number of nitro groups is 1. The first-order chi connectivity index (χ1) is 13.1. The molecule has 1 aliphatic rings. The van der Waals surface area contributed by atoms with Crippen LogP contribution in [0.15, 0.2) is 54.6 Å². The monoisotopic (exact) mass is 368 g/mol. The zero-order valence-corrected chi connectivity index (χ0v) is 14.9. The Bertz CT molecular complexity index is 865. The summed E-state index contributed by atoms with van der Waals surface area (Å²) in [5, 5.41) is 11.1. The Hall–Kier alpha value is -3.35. The zero-order valence-electron chi connectivity index (χ0n) is 14.9. The van der Waals surface area contributed by atoms with Gasteiger partial charge in [0, 0.05) is 18.7 Å². The summed E-state index contributed by atoms with van der Waals surface area (Å²) in [5.74, 6) is 1.12. The number of carbonyl (C=O) groups excluding carboxylic acids is 1. The highest BCUT2D eigenvalue weighted by Crippen LogP contribution is 2.31. The second-order valence-corrected chi connectivity index (χ2v) is 6.02. The number of rotatable bonds is 6. The van der Waals surface area contributed by atoms with Gasteiger partial charge in [0.05, 0.1) is 17.0 Å². The van der Waals surface area contributed by atoms with Crippen LogP contribution in [-0.2, 0) is 4.79 Å². The van der Waals surface area contributed by atoms with E-state index < -0.39 is 4.92 Å². The maximum absolute atomic E-state index is 12.5. The third-order valence-corrected chi connectivity index (χ3v) is 4.22. The van der Waals surface area contributed by atoms with E-state index in [0.29, 0.717) is 36.8 Å². The lowest BCUT2D eigenvalue weighted by Gasteiger charge is -2.30. The number of amides is 1. The number of hydrogen-bond donors (Lipinski definition) is 0. The van der Waals surface area contributed by atoms with Crippen LogP contribution < -0.4 is 9.47 Å². The third-order valence-electron chi connectivity index (χ3n) is 4.22. The van der Waals surface area contributed by atoms with Crippen LogP contribution in [0.25, 0.3) is 6.08 Å². The summed E-state index contributed by atoms with van der Waals surface area (Å²) < 4.78 is 11.6. The van der Waals surface area contributed by atoms with Gasteiger partial charge in [-0.25, -0.2) is 0 Å². The molecule has 0 aromatic heterocycles. The van der Waals surface area contributed by atoms with Gasteiger partial charge in [-0.2, -0.15) is 0 Å². The SMILES string of the molecule is CCN(CC1COc2ccccc2O1)C(=O)/C=C/c1ccccc1[N+](=O)[O-]. The summed E-state index contributed by atoms with van der Waals surface area (Å²) >= 11 is 0. The first-order valence-electron chi connectivity index (χ1n) is 8.67. The molecule has 27 heavy (non-hydrogen) atoms. The average Bonchev–Trinajstić information content (AvgIpc) is 2.70. The van der Waals surface area contributed by atoms with Gasteiger partial charge < -0.3 is 14.4 Å². The zero-order chi connectivity index (χ0) is 19.2. The summed E-state index contributed by atoms with van der Waals surface area (Å²) in [6.07, 6.45) is 2.54. The second-order valence-electron chi connectivity index (χ2n) is 6.02. The van der Waals surface area contributed by atoms with E-state index in [0.717, 1.165) is 0 Å². The van der Waals surface area contributed by atoms with Gasteiger partial charge in [-0.1, -0.05) is 24.3 Å². The molecule has 1 heterocycles. The number of ether oxygens (including phenoxy) is 2. The fourth-order valence-electron chi connectivity index (χ4n) is 2.83. The summed E-state index contributed by atoms with van der Waals surface area (Å²) in [7, 11) is 0. The van der Waals surface area contributed by atoms with Crippen molar-refractivity contribution in [3.63, 3.8) is 0 Å². The van der Waals surface area contributed by atoms with E-state index in [-0.39, 0.29) is 17.7 Å². The van der Waals surface area contributed by atoms with Crippen molar-refractivity contribution in [2.45, 2.75) is 13.0 Å². The van der Waals surface area contributed by atoms with Crippen LogP contribution in [0.5, 0.6) is 11.5 Å². The maximum Gasteiger partial charge on any atom is 0.276 e. The molecular formula is C20H20N2O5. The lowest BCUT2D eigenvalue weighted by Crippen LogP contribution is -2.43. The molecule has 1 unspecified atom stereocenters. The molecule has 140 valence electrons. The number of nitro benzene ring substituents is 1. The molecule has 0 radical (unpaired) electrons. The predicted molar refractivity (Wildman–Crippen MR) is 101 cm³/mol. The minimum atomic E-state index is -0.466. The molecule has 3 rings (SSSR count). The molecule has 0 aliphatic carbocycles. The Morgan fingerprint density at radius 3 is 2.67 bits per heavy atom. The molecule has 0 fully saturated rings. The molecule has 0 saturated carbocycles. The second kappa shape index (κ2) is 8.35. The number of likely N-dealkylation sites (N-methyl/N-ethyl adjacent to an activating group) is 1. The van der Waals surface area contributed by atoms with Crippen molar-refractivity contribution >= 4 is 17.7 Å². The number of nitrogens with zero attached hydrogens (tertiary/aromatic N) is 2. The molecule has 1 amide bonds. The molecule has 7 heteroatoms. The van der Waals surface area contributed by atoms with Gasteiger partial charge in [-0.05, 0) is 31.2 Å². The minimum Gasteiger partial charge on any atom is -0.486 e. The van der Waals surface area contributed by atoms with Crippen molar-refractivity contribution in [1.82, 2.24) is 4.90 Å². The van der Waals surface area contributed by atoms with E-state index in [1.54, 1.807) is 23.1 Å². The topological polar surface area (TPSA) is 81.9 Å². The van der Waals surface area contributed by atoms with Crippen molar-refractivity contribution < 1.29 is 19.2 Å². The Morgan fingerprint density at radius 1 is 1.22 bits per heavy atom. The Balaban J connectivity index is 1.66. The molecule has 1 atom stereocenters.